The van der Waals surface area contributed by atoms with E-state index in [0.717, 1.165) is 42.8 Å². The van der Waals surface area contributed by atoms with Crippen LogP contribution < -0.4 is 5.69 Å². The number of aliphatic hydroxyl groups is 1. The van der Waals surface area contributed by atoms with Crippen LogP contribution in [0.1, 0.15) is 29.8 Å². The lowest BCUT2D eigenvalue weighted by molar-refractivity contribution is 0.350. The molecule has 5 heteroatoms. The van der Waals surface area contributed by atoms with E-state index < -0.39 is 0 Å². The smallest absolute Gasteiger partial charge is 0.346 e. The highest BCUT2D eigenvalue weighted by molar-refractivity contribution is 5.37. The van der Waals surface area contributed by atoms with Crippen LogP contribution in [0.25, 0.3) is 0 Å². The van der Waals surface area contributed by atoms with Crippen molar-refractivity contribution in [3.05, 3.63) is 51.7 Å². The Bertz CT molecular complexity index is 762. The average molecular weight is 283 g/mol. The summed E-state index contributed by atoms with van der Waals surface area (Å²) in [7, 11) is 0. The zero-order valence-electron chi connectivity index (χ0n) is 11.7. The van der Waals surface area contributed by atoms with Crippen LogP contribution in [-0.2, 0) is 19.5 Å². The molecule has 0 saturated heterocycles. The molecule has 2 heterocycles. The number of fused-ring (bicyclic) bond motifs is 1. The number of hydrogen-bond donors (Lipinski definition) is 1. The first-order valence-electron chi connectivity index (χ1n) is 7.13. The van der Waals surface area contributed by atoms with E-state index in [0.29, 0.717) is 6.54 Å². The second-order valence-electron chi connectivity index (χ2n) is 5.13. The second kappa shape index (κ2) is 5.98. The molecular weight excluding hydrogens is 266 g/mol. The van der Waals surface area contributed by atoms with Crippen LogP contribution in [0, 0.1) is 11.8 Å². The van der Waals surface area contributed by atoms with Gasteiger partial charge in [-0.05, 0) is 30.5 Å². The Balaban J connectivity index is 1.87. The zero-order valence-corrected chi connectivity index (χ0v) is 11.7. The van der Waals surface area contributed by atoms with Gasteiger partial charge in [-0.2, -0.15) is 5.10 Å². The maximum absolute atomic E-state index is 12.3. The summed E-state index contributed by atoms with van der Waals surface area (Å²) in [5.74, 6) is 6.39. The lowest BCUT2D eigenvalue weighted by Gasteiger charge is -2.09. The summed E-state index contributed by atoms with van der Waals surface area (Å²) in [4.78, 5) is 12.3. The fraction of sp³-hybridized carbons (Fsp3) is 0.375. The third-order valence-corrected chi connectivity index (χ3v) is 3.60. The summed E-state index contributed by atoms with van der Waals surface area (Å²) < 4.78 is 3.30. The van der Waals surface area contributed by atoms with Gasteiger partial charge in [0.2, 0.25) is 0 Å². The third kappa shape index (κ3) is 2.91. The molecule has 1 aliphatic rings. The molecule has 3 rings (SSSR count). The van der Waals surface area contributed by atoms with Gasteiger partial charge in [-0.1, -0.05) is 24.0 Å². The first kappa shape index (κ1) is 13.7. The molecule has 1 aromatic heterocycles. The SMILES string of the molecule is O=c1n(Cc2cccc(C#CCO)c2)nc2n1CCCC2. The van der Waals surface area contributed by atoms with Gasteiger partial charge < -0.3 is 5.11 Å². The van der Waals surface area contributed by atoms with E-state index in [9.17, 15) is 4.79 Å². The summed E-state index contributed by atoms with van der Waals surface area (Å²) in [6, 6.07) is 7.66. The molecule has 0 bridgehead atoms. The molecule has 1 aromatic carbocycles. The van der Waals surface area contributed by atoms with Crippen LogP contribution in [0.2, 0.25) is 0 Å². The van der Waals surface area contributed by atoms with Crippen molar-refractivity contribution in [3.63, 3.8) is 0 Å². The topological polar surface area (TPSA) is 60.1 Å². The molecule has 0 fully saturated rings. The van der Waals surface area contributed by atoms with E-state index in [4.69, 9.17) is 5.11 Å². The number of aryl methyl sites for hydroxylation is 1. The van der Waals surface area contributed by atoms with E-state index in [-0.39, 0.29) is 12.3 Å². The fourth-order valence-corrected chi connectivity index (χ4v) is 2.61. The zero-order chi connectivity index (χ0) is 14.7. The van der Waals surface area contributed by atoms with E-state index in [1.54, 1.807) is 4.57 Å². The fourth-order valence-electron chi connectivity index (χ4n) is 2.61. The molecule has 0 atom stereocenters. The standard InChI is InChI=1S/C16H17N3O2/c20-10-4-7-13-5-3-6-14(11-13)12-19-16(21)18-9-2-1-8-15(18)17-19/h3,5-6,11,20H,1-2,8-10,12H2. The van der Waals surface area contributed by atoms with Crippen molar-refractivity contribution in [2.24, 2.45) is 0 Å². The van der Waals surface area contributed by atoms with Crippen molar-refractivity contribution >= 4 is 0 Å². The van der Waals surface area contributed by atoms with Crippen molar-refractivity contribution in [1.29, 1.82) is 0 Å². The van der Waals surface area contributed by atoms with Gasteiger partial charge in [0.15, 0.2) is 0 Å². The molecule has 0 saturated carbocycles. The minimum absolute atomic E-state index is 0.0310. The Kier molecular flexibility index (Phi) is 3.89. The van der Waals surface area contributed by atoms with Crippen molar-refractivity contribution in [3.8, 4) is 11.8 Å². The molecular formula is C16H17N3O2. The van der Waals surface area contributed by atoms with Crippen molar-refractivity contribution < 1.29 is 5.11 Å². The Hall–Kier alpha value is -2.32. The number of rotatable bonds is 2. The number of benzene rings is 1. The highest BCUT2D eigenvalue weighted by Crippen LogP contribution is 2.10. The van der Waals surface area contributed by atoms with Crippen LogP contribution in [0.3, 0.4) is 0 Å². The van der Waals surface area contributed by atoms with Crippen LogP contribution in [0.4, 0.5) is 0 Å². The normalized spacial score (nSPS) is 13.4. The minimum Gasteiger partial charge on any atom is -0.384 e. The first-order chi connectivity index (χ1) is 10.3. The Morgan fingerprint density at radius 2 is 2.24 bits per heavy atom. The van der Waals surface area contributed by atoms with Crippen molar-refractivity contribution in [1.82, 2.24) is 14.3 Å². The Morgan fingerprint density at radius 3 is 3.05 bits per heavy atom. The highest BCUT2D eigenvalue weighted by atomic mass is 16.2. The van der Waals surface area contributed by atoms with E-state index in [1.807, 2.05) is 24.3 Å². The molecule has 1 aliphatic heterocycles. The van der Waals surface area contributed by atoms with Gasteiger partial charge in [0.05, 0.1) is 6.54 Å². The van der Waals surface area contributed by atoms with Gasteiger partial charge in [0, 0.05) is 18.5 Å². The van der Waals surface area contributed by atoms with Gasteiger partial charge in [-0.15, -0.1) is 0 Å². The number of nitrogens with zero attached hydrogens (tertiary/aromatic N) is 3. The molecule has 0 radical (unpaired) electrons. The number of hydrogen-bond acceptors (Lipinski definition) is 3. The number of aromatic nitrogens is 3. The lowest BCUT2D eigenvalue weighted by atomic mass is 10.1. The highest BCUT2D eigenvalue weighted by Gasteiger charge is 2.16. The van der Waals surface area contributed by atoms with Gasteiger partial charge in [-0.25, -0.2) is 9.48 Å². The second-order valence-corrected chi connectivity index (χ2v) is 5.13. The van der Waals surface area contributed by atoms with Crippen LogP contribution in [-0.4, -0.2) is 26.1 Å². The molecule has 0 unspecified atom stereocenters. The summed E-state index contributed by atoms with van der Waals surface area (Å²) in [6.07, 6.45) is 3.03. The van der Waals surface area contributed by atoms with E-state index in [2.05, 4.69) is 16.9 Å². The predicted molar refractivity (Wildman–Crippen MR) is 78.9 cm³/mol. The molecule has 1 N–H and O–H groups in total. The maximum Gasteiger partial charge on any atom is 0.346 e. The van der Waals surface area contributed by atoms with Gasteiger partial charge >= 0.3 is 5.69 Å². The summed E-state index contributed by atoms with van der Waals surface area (Å²) in [6.45, 7) is 1.07. The van der Waals surface area contributed by atoms with Crippen molar-refractivity contribution in [2.75, 3.05) is 6.61 Å². The molecule has 0 amide bonds. The predicted octanol–water partition coefficient (Wildman–Crippen LogP) is 0.773. The Labute approximate surface area is 122 Å². The largest absolute Gasteiger partial charge is 0.384 e. The van der Waals surface area contributed by atoms with Crippen LogP contribution >= 0.6 is 0 Å². The summed E-state index contributed by atoms with van der Waals surface area (Å²) >= 11 is 0. The first-order valence-corrected chi connectivity index (χ1v) is 7.13. The quantitative estimate of drug-likeness (QED) is 0.828. The molecule has 0 aliphatic carbocycles. The van der Waals surface area contributed by atoms with E-state index in [1.165, 1.54) is 4.68 Å². The average Bonchev–Trinajstić information content (AvgIpc) is 2.82. The lowest BCUT2D eigenvalue weighted by Crippen LogP contribution is -2.27. The molecule has 108 valence electrons. The Morgan fingerprint density at radius 1 is 1.33 bits per heavy atom. The maximum atomic E-state index is 12.3. The molecule has 2 aromatic rings. The van der Waals surface area contributed by atoms with E-state index >= 15 is 0 Å². The van der Waals surface area contributed by atoms with Gasteiger partial charge in [-0.3, -0.25) is 4.57 Å². The monoisotopic (exact) mass is 283 g/mol. The summed E-state index contributed by atoms with van der Waals surface area (Å²) in [5, 5.41) is 13.2. The van der Waals surface area contributed by atoms with Gasteiger partial charge in [0.1, 0.15) is 12.4 Å². The number of aliphatic hydroxyl groups excluding tert-OH is 1. The molecule has 21 heavy (non-hydrogen) atoms. The third-order valence-electron chi connectivity index (χ3n) is 3.60. The van der Waals surface area contributed by atoms with Crippen molar-refractivity contribution in [2.45, 2.75) is 32.4 Å². The minimum atomic E-state index is -0.155. The molecule has 0 spiro atoms. The van der Waals surface area contributed by atoms with Crippen LogP contribution in [0.15, 0.2) is 29.1 Å². The van der Waals surface area contributed by atoms with Gasteiger partial charge in [0.25, 0.3) is 0 Å². The molecule has 5 nitrogen and oxygen atoms in total. The van der Waals surface area contributed by atoms with Crippen LogP contribution in [0.5, 0.6) is 0 Å². The summed E-state index contributed by atoms with van der Waals surface area (Å²) in [5.41, 5.74) is 1.78.